The molecule has 2 aromatic rings. The van der Waals surface area contributed by atoms with Gasteiger partial charge in [-0.1, -0.05) is 39.7 Å². The molecule has 0 saturated heterocycles. The molecule has 3 heteroatoms. The van der Waals surface area contributed by atoms with Gasteiger partial charge in [0.1, 0.15) is 0 Å². The first-order valence-corrected chi connectivity index (χ1v) is 7.09. The van der Waals surface area contributed by atoms with Crippen molar-refractivity contribution in [2.45, 2.75) is 12.8 Å². The van der Waals surface area contributed by atoms with E-state index in [1.165, 1.54) is 11.3 Å². The summed E-state index contributed by atoms with van der Waals surface area (Å²) in [4.78, 5) is 2.15. The molecule has 1 nitrogen and oxygen atoms in total. The Bertz CT molecular complexity index is 537. The highest BCUT2D eigenvalue weighted by atomic mass is 79.9. The number of nitrogens with zero attached hydrogens (tertiary/aromatic N) is 1. The Balaban J connectivity index is 2.31. The summed E-state index contributed by atoms with van der Waals surface area (Å²) in [6.45, 7) is 2.09. The fourth-order valence-electron chi connectivity index (χ4n) is 1.77. The van der Waals surface area contributed by atoms with Crippen molar-refractivity contribution in [2.75, 3.05) is 11.9 Å². The molecule has 0 aromatic heterocycles. The Morgan fingerprint density at radius 3 is 2.22 bits per heavy atom. The molecule has 0 aliphatic rings. The Morgan fingerprint density at radius 2 is 1.67 bits per heavy atom. The Kier molecular flexibility index (Phi) is 4.31. The highest BCUT2D eigenvalue weighted by molar-refractivity contribution is 9.10. The van der Waals surface area contributed by atoms with Crippen LogP contribution in [0.3, 0.4) is 0 Å². The van der Waals surface area contributed by atoms with Gasteiger partial charge in [0.2, 0.25) is 0 Å². The zero-order valence-electron chi connectivity index (χ0n) is 10.5. The van der Waals surface area contributed by atoms with Crippen LogP contribution in [-0.2, 0) is 5.88 Å². The number of halogens is 2. The zero-order valence-corrected chi connectivity index (χ0v) is 12.8. The van der Waals surface area contributed by atoms with E-state index < -0.39 is 0 Å². The summed E-state index contributed by atoms with van der Waals surface area (Å²) in [7, 11) is 2.06. The lowest BCUT2D eigenvalue weighted by atomic mass is 10.2. The van der Waals surface area contributed by atoms with Crippen LogP contribution >= 0.6 is 27.5 Å². The van der Waals surface area contributed by atoms with Gasteiger partial charge < -0.3 is 4.90 Å². The minimum absolute atomic E-state index is 0.523. The van der Waals surface area contributed by atoms with Gasteiger partial charge in [0.25, 0.3) is 0 Å². The van der Waals surface area contributed by atoms with E-state index in [4.69, 9.17) is 11.6 Å². The molecule has 0 N–H and O–H groups in total. The molecule has 0 aliphatic heterocycles. The van der Waals surface area contributed by atoms with Crippen molar-refractivity contribution in [3.05, 3.63) is 58.1 Å². The van der Waals surface area contributed by atoms with Gasteiger partial charge in [0, 0.05) is 28.8 Å². The van der Waals surface area contributed by atoms with Gasteiger partial charge in [-0.2, -0.15) is 0 Å². The van der Waals surface area contributed by atoms with Crippen molar-refractivity contribution in [3.8, 4) is 0 Å². The smallest absolute Gasteiger partial charge is 0.0485 e. The lowest BCUT2D eigenvalue weighted by Crippen LogP contribution is -2.09. The zero-order chi connectivity index (χ0) is 13.1. The molecule has 2 aromatic carbocycles. The maximum absolute atomic E-state index is 5.85. The highest BCUT2D eigenvalue weighted by Gasteiger charge is 2.06. The van der Waals surface area contributed by atoms with E-state index in [1.54, 1.807) is 0 Å². The van der Waals surface area contributed by atoms with Gasteiger partial charge in [0.05, 0.1) is 0 Å². The van der Waals surface area contributed by atoms with Crippen LogP contribution in [0.5, 0.6) is 0 Å². The second-order valence-electron chi connectivity index (χ2n) is 4.30. The highest BCUT2D eigenvalue weighted by Crippen LogP contribution is 2.29. The topological polar surface area (TPSA) is 3.24 Å². The van der Waals surface area contributed by atoms with Gasteiger partial charge in [-0.25, -0.2) is 0 Å². The summed E-state index contributed by atoms with van der Waals surface area (Å²) in [6, 6.07) is 14.7. The standard InChI is InChI=1S/C15H15BrClN/c1-11-3-6-13(7-4-11)18(2)14-8-5-12(10-17)15(16)9-14/h3-9H,10H2,1-2H3. The van der Waals surface area contributed by atoms with Gasteiger partial charge in [-0.15, -0.1) is 11.6 Å². The number of rotatable bonds is 3. The summed E-state index contributed by atoms with van der Waals surface area (Å²) in [5.74, 6) is 0.523. The van der Waals surface area contributed by atoms with Crippen LogP contribution in [0.1, 0.15) is 11.1 Å². The second kappa shape index (κ2) is 5.77. The molecule has 0 amide bonds. The van der Waals surface area contributed by atoms with E-state index in [0.29, 0.717) is 5.88 Å². The molecule has 0 heterocycles. The normalized spacial score (nSPS) is 10.4. The minimum atomic E-state index is 0.523. The first kappa shape index (κ1) is 13.4. The number of aryl methyl sites for hydroxylation is 1. The van der Waals surface area contributed by atoms with Gasteiger partial charge in [0.15, 0.2) is 0 Å². The van der Waals surface area contributed by atoms with E-state index in [2.05, 4.69) is 77.3 Å². The fraction of sp³-hybridized carbons (Fsp3) is 0.200. The van der Waals surface area contributed by atoms with E-state index in [-0.39, 0.29) is 0 Å². The maximum atomic E-state index is 5.85. The van der Waals surface area contributed by atoms with Crippen molar-refractivity contribution in [3.63, 3.8) is 0 Å². The molecule has 0 unspecified atom stereocenters. The molecule has 94 valence electrons. The number of hydrogen-bond donors (Lipinski definition) is 0. The number of hydrogen-bond acceptors (Lipinski definition) is 1. The second-order valence-corrected chi connectivity index (χ2v) is 5.43. The quantitative estimate of drug-likeness (QED) is 0.696. The molecule has 0 bridgehead atoms. The molecule has 0 aliphatic carbocycles. The van der Waals surface area contributed by atoms with E-state index in [1.807, 2.05) is 0 Å². The molecule has 0 spiro atoms. The van der Waals surface area contributed by atoms with Crippen molar-refractivity contribution in [1.29, 1.82) is 0 Å². The Morgan fingerprint density at radius 1 is 1.06 bits per heavy atom. The number of anilines is 2. The SMILES string of the molecule is Cc1ccc(N(C)c2ccc(CCl)c(Br)c2)cc1. The largest absolute Gasteiger partial charge is 0.345 e. The molecular formula is C15H15BrClN. The predicted molar refractivity (Wildman–Crippen MR) is 82.9 cm³/mol. The van der Waals surface area contributed by atoms with Crippen LogP contribution in [0.25, 0.3) is 0 Å². The van der Waals surface area contributed by atoms with Crippen molar-refractivity contribution in [1.82, 2.24) is 0 Å². The van der Waals surface area contributed by atoms with Crippen molar-refractivity contribution >= 4 is 38.9 Å². The summed E-state index contributed by atoms with van der Waals surface area (Å²) < 4.78 is 1.05. The lowest BCUT2D eigenvalue weighted by molar-refractivity contribution is 1.19. The van der Waals surface area contributed by atoms with Crippen LogP contribution in [0.4, 0.5) is 11.4 Å². The summed E-state index contributed by atoms with van der Waals surface area (Å²) in [5.41, 5.74) is 4.69. The minimum Gasteiger partial charge on any atom is -0.345 e. The molecule has 2 rings (SSSR count). The van der Waals surface area contributed by atoms with Crippen LogP contribution in [0, 0.1) is 6.92 Å². The number of benzene rings is 2. The van der Waals surface area contributed by atoms with Crippen molar-refractivity contribution in [2.24, 2.45) is 0 Å². The van der Waals surface area contributed by atoms with Crippen LogP contribution in [-0.4, -0.2) is 7.05 Å². The lowest BCUT2D eigenvalue weighted by Gasteiger charge is -2.20. The molecule has 0 atom stereocenters. The third-order valence-corrected chi connectivity index (χ3v) is 4.02. The average molecular weight is 325 g/mol. The maximum Gasteiger partial charge on any atom is 0.0485 e. The molecule has 0 radical (unpaired) electrons. The van der Waals surface area contributed by atoms with Gasteiger partial charge >= 0.3 is 0 Å². The average Bonchev–Trinajstić information content (AvgIpc) is 2.38. The van der Waals surface area contributed by atoms with Crippen LogP contribution < -0.4 is 4.90 Å². The Labute approximate surface area is 122 Å². The molecule has 0 saturated carbocycles. The van der Waals surface area contributed by atoms with Gasteiger partial charge in [-0.3, -0.25) is 0 Å². The van der Waals surface area contributed by atoms with E-state index >= 15 is 0 Å². The third-order valence-electron chi connectivity index (χ3n) is 2.99. The fourth-order valence-corrected chi connectivity index (χ4v) is 2.67. The first-order valence-electron chi connectivity index (χ1n) is 5.76. The summed E-state index contributed by atoms with van der Waals surface area (Å²) in [6.07, 6.45) is 0. The monoisotopic (exact) mass is 323 g/mol. The molecule has 0 fully saturated rings. The molecule has 18 heavy (non-hydrogen) atoms. The van der Waals surface area contributed by atoms with Crippen molar-refractivity contribution < 1.29 is 0 Å². The predicted octanol–water partition coefficient (Wildman–Crippen LogP) is 5.26. The third kappa shape index (κ3) is 2.88. The number of alkyl halides is 1. The molecular weight excluding hydrogens is 310 g/mol. The Hall–Kier alpha value is -0.990. The van der Waals surface area contributed by atoms with Crippen LogP contribution in [0.15, 0.2) is 46.9 Å². The summed E-state index contributed by atoms with van der Waals surface area (Å²) >= 11 is 9.40. The first-order chi connectivity index (χ1) is 8.61. The summed E-state index contributed by atoms with van der Waals surface area (Å²) in [5, 5.41) is 0. The van der Waals surface area contributed by atoms with E-state index in [0.717, 1.165) is 15.7 Å². The van der Waals surface area contributed by atoms with E-state index in [9.17, 15) is 0 Å². The van der Waals surface area contributed by atoms with Crippen LogP contribution in [0.2, 0.25) is 0 Å². The van der Waals surface area contributed by atoms with Gasteiger partial charge in [-0.05, 0) is 36.8 Å².